The van der Waals surface area contributed by atoms with E-state index in [0.717, 1.165) is 11.3 Å². The van der Waals surface area contributed by atoms with Gasteiger partial charge in [0.15, 0.2) is 5.06 Å². The van der Waals surface area contributed by atoms with Crippen LogP contribution < -0.4 is 4.74 Å². The minimum absolute atomic E-state index is 0.182. The summed E-state index contributed by atoms with van der Waals surface area (Å²) < 4.78 is 4.68. The molecule has 3 nitrogen and oxygen atoms in total. The number of hydrogen-bond acceptors (Lipinski definition) is 4. The first-order chi connectivity index (χ1) is 3.83. The Morgan fingerprint density at radius 1 is 1.88 bits per heavy atom. The van der Waals surface area contributed by atoms with Crippen molar-refractivity contribution in [3.8, 4) is 10.3 Å². The zero-order valence-electron chi connectivity index (χ0n) is 4.29. The van der Waals surface area contributed by atoms with Crippen LogP contribution in [-0.2, 0) is 0 Å². The van der Waals surface area contributed by atoms with E-state index in [1.165, 1.54) is 13.3 Å². The van der Waals surface area contributed by atoms with Crippen LogP contribution in [0.3, 0.4) is 0 Å². The Balaban J connectivity index is 2.84. The maximum Gasteiger partial charge on any atom is 0.276 e. The number of ether oxygens (including phenoxy) is 1. The third kappa shape index (κ3) is 0.894. The average Bonchev–Trinajstić information content (AvgIpc) is 2.14. The van der Waals surface area contributed by atoms with Gasteiger partial charge in [-0.1, -0.05) is 0 Å². The van der Waals surface area contributed by atoms with E-state index in [2.05, 4.69) is 9.72 Å². The standard InChI is InChI=1S/C4H5NO2S/c1-7-4-5-2-3(6)8-4/h2,6H,1H3. The van der Waals surface area contributed by atoms with Gasteiger partial charge in [-0.25, -0.2) is 4.98 Å². The van der Waals surface area contributed by atoms with Crippen LogP contribution in [0.2, 0.25) is 0 Å². The quantitative estimate of drug-likeness (QED) is 0.614. The minimum atomic E-state index is 0.182. The van der Waals surface area contributed by atoms with Gasteiger partial charge in [0.1, 0.15) is 0 Å². The number of aromatic hydroxyl groups is 1. The van der Waals surface area contributed by atoms with E-state index in [1.54, 1.807) is 0 Å². The van der Waals surface area contributed by atoms with Gasteiger partial charge >= 0.3 is 0 Å². The van der Waals surface area contributed by atoms with Crippen LogP contribution in [0.1, 0.15) is 0 Å². The lowest BCUT2D eigenvalue weighted by molar-refractivity contribution is 0.412. The lowest BCUT2D eigenvalue weighted by Crippen LogP contribution is -1.76. The van der Waals surface area contributed by atoms with Crippen LogP contribution in [0, 0.1) is 0 Å². The van der Waals surface area contributed by atoms with E-state index in [9.17, 15) is 0 Å². The summed E-state index contributed by atoms with van der Waals surface area (Å²) in [6.07, 6.45) is 1.35. The molecule has 0 saturated carbocycles. The van der Waals surface area contributed by atoms with E-state index < -0.39 is 0 Å². The van der Waals surface area contributed by atoms with Crippen LogP contribution >= 0.6 is 11.3 Å². The summed E-state index contributed by atoms with van der Waals surface area (Å²) >= 11 is 1.11. The molecule has 1 heterocycles. The molecule has 0 aliphatic carbocycles. The molecule has 1 rings (SSSR count). The van der Waals surface area contributed by atoms with Gasteiger partial charge in [-0.2, -0.15) is 0 Å². The Kier molecular flexibility index (Phi) is 1.34. The van der Waals surface area contributed by atoms with Gasteiger partial charge in [0, 0.05) is 0 Å². The molecule has 0 aliphatic rings. The Labute approximate surface area is 50.6 Å². The number of methoxy groups -OCH3 is 1. The molecule has 0 atom stereocenters. The molecule has 0 unspecified atom stereocenters. The summed E-state index contributed by atoms with van der Waals surface area (Å²) in [6, 6.07) is 0. The molecule has 1 aromatic heterocycles. The normalized spacial score (nSPS) is 9.12. The maximum atomic E-state index is 8.66. The molecule has 0 spiro atoms. The van der Waals surface area contributed by atoms with Crippen molar-refractivity contribution in [1.29, 1.82) is 0 Å². The fourth-order valence-corrected chi connectivity index (χ4v) is 0.818. The van der Waals surface area contributed by atoms with Gasteiger partial charge in [0.2, 0.25) is 0 Å². The molecular weight excluding hydrogens is 126 g/mol. The highest BCUT2D eigenvalue weighted by atomic mass is 32.1. The topological polar surface area (TPSA) is 42.4 Å². The van der Waals surface area contributed by atoms with Crippen LogP contribution in [0.25, 0.3) is 0 Å². The number of nitrogens with zero attached hydrogens (tertiary/aromatic N) is 1. The predicted octanol–water partition coefficient (Wildman–Crippen LogP) is 0.857. The van der Waals surface area contributed by atoms with Gasteiger partial charge in [-0.05, 0) is 11.3 Å². The molecule has 1 aromatic rings. The molecular formula is C4H5NO2S. The van der Waals surface area contributed by atoms with Crippen molar-refractivity contribution in [2.45, 2.75) is 0 Å². The Morgan fingerprint density at radius 2 is 2.62 bits per heavy atom. The molecule has 0 radical (unpaired) electrons. The summed E-state index contributed by atoms with van der Waals surface area (Å²) in [5, 5.41) is 9.33. The third-order valence-corrected chi connectivity index (χ3v) is 1.41. The third-order valence-electron chi connectivity index (χ3n) is 0.647. The zero-order chi connectivity index (χ0) is 5.98. The van der Waals surface area contributed by atoms with Crippen molar-refractivity contribution in [3.63, 3.8) is 0 Å². The lowest BCUT2D eigenvalue weighted by atomic mass is 10.9. The second-order valence-electron chi connectivity index (χ2n) is 1.17. The Hall–Kier alpha value is -0.770. The number of hydrogen-bond donors (Lipinski definition) is 1. The SMILES string of the molecule is COc1ncc(O)s1. The summed E-state index contributed by atoms with van der Waals surface area (Å²) in [5.41, 5.74) is 0. The lowest BCUT2D eigenvalue weighted by Gasteiger charge is -1.84. The predicted molar refractivity (Wildman–Crippen MR) is 30.3 cm³/mol. The second-order valence-corrected chi connectivity index (χ2v) is 2.14. The van der Waals surface area contributed by atoms with Crippen molar-refractivity contribution >= 4 is 11.3 Å². The van der Waals surface area contributed by atoms with Gasteiger partial charge in [0.05, 0.1) is 13.3 Å². The summed E-state index contributed by atoms with van der Waals surface area (Å²) in [4.78, 5) is 3.68. The van der Waals surface area contributed by atoms with E-state index in [0.29, 0.717) is 5.19 Å². The fraction of sp³-hybridized carbons (Fsp3) is 0.250. The molecule has 0 aliphatic heterocycles. The molecule has 0 fully saturated rings. The van der Waals surface area contributed by atoms with Crippen molar-refractivity contribution in [2.24, 2.45) is 0 Å². The Morgan fingerprint density at radius 3 is 2.88 bits per heavy atom. The van der Waals surface area contributed by atoms with Crippen LogP contribution in [0.5, 0.6) is 10.3 Å². The zero-order valence-corrected chi connectivity index (χ0v) is 5.10. The smallest absolute Gasteiger partial charge is 0.276 e. The number of aromatic nitrogens is 1. The summed E-state index contributed by atoms with van der Waals surface area (Å²) in [6.45, 7) is 0. The molecule has 0 aromatic carbocycles. The van der Waals surface area contributed by atoms with Gasteiger partial charge < -0.3 is 9.84 Å². The molecule has 0 bridgehead atoms. The highest BCUT2D eigenvalue weighted by molar-refractivity contribution is 7.15. The van der Waals surface area contributed by atoms with Gasteiger partial charge in [-0.15, -0.1) is 0 Å². The molecule has 0 amide bonds. The first-order valence-electron chi connectivity index (χ1n) is 2.01. The van der Waals surface area contributed by atoms with Crippen LogP contribution in [0.4, 0.5) is 0 Å². The first-order valence-corrected chi connectivity index (χ1v) is 2.83. The summed E-state index contributed by atoms with van der Waals surface area (Å²) in [5.74, 6) is 0. The average molecular weight is 131 g/mol. The molecule has 1 N–H and O–H groups in total. The molecule has 4 heteroatoms. The molecule has 0 saturated heterocycles. The minimum Gasteiger partial charge on any atom is -0.498 e. The van der Waals surface area contributed by atoms with E-state index >= 15 is 0 Å². The second kappa shape index (κ2) is 2.00. The maximum absolute atomic E-state index is 8.66. The number of rotatable bonds is 1. The molecule has 44 valence electrons. The van der Waals surface area contributed by atoms with Crippen molar-refractivity contribution in [2.75, 3.05) is 7.11 Å². The monoisotopic (exact) mass is 131 g/mol. The first kappa shape index (κ1) is 5.37. The van der Waals surface area contributed by atoms with Crippen LogP contribution in [-0.4, -0.2) is 17.2 Å². The Bertz CT molecular complexity index is 174. The van der Waals surface area contributed by atoms with E-state index in [1.807, 2.05) is 0 Å². The van der Waals surface area contributed by atoms with Crippen molar-refractivity contribution in [3.05, 3.63) is 6.20 Å². The van der Waals surface area contributed by atoms with E-state index in [4.69, 9.17) is 5.11 Å². The highest BCUT2D eigenvalue weighted by Gasteiger charge is 1.95. The van der Waals surface area contributed by atoms with Crippen molar-refractivity contribution < 1.29 is 9.84 Å². The summed E-state index contributed by atoms with van der Waals surface area (Å²) in [7, 11) is 1.51. The largest absolute Gasteiger partial charge is 0.498 e. The van der Waals surface area contributed by atoms with Crippen LogP contribution in [0.15, 0.2) is 6.20 Å². The highest BCUT2D eigenvalue weighted by Crippen LogP contribution is 2.24. The van der Waals surface area contributed by atoms with Gasteiger partial charge in [-0.3, -0.25) is 0 Å². The van der Waals surface area contributed by atoms with E-state index in [-0.39, 0.29) is 5.06 Å². The number of thiazole rings is 1. The van der Waals surface area contributed by atoms with Crippen molar-refractivity contribution in [1.82, 2.24) is 4.98 Å². The molecule has 8 heavy (non-hydrogen) atoms. The van der Waals surface area contributed by atoms with Gasteiger partial charge in [0.25, 0.3) is 5.19 Å². The fourth-order valence-electron chi connectivity index (χ4n) is 0.344.